The smallest absolute Gasteiger partial charge is 0.428 e. The van der Waals surface area contributed by atoms with Gasteiger partial charge >= 0.3 is 6.09 Å². The quantitative estimate of drug-likeness (QED) is 0.523. The Morgan fingerprint density at radius 3 is 2.21 bits per heavy atom. The highest BCUT2D eigenvalue weighted by atomic mass is 16.6. The zero-order chi connectivity index (χ0) is 21.0. The van der Waals surface area contributed by atoms with Crippen LogP contribution in [-0.4, -0.2) is 27.2 Å². The van der Waals surface area contributed by atoms with Crippen LogP contribution >= 0.6 is 0 Å². The number of amides is 1. The van der Waals surface area contributed by atoms with Gasteiger partial charge in [-0.3, -0.25) is 9.89 Å². The van der Waals surface area contributed by atoms with Crippen LogP contribution in [0.15, 0.2) is 70.6 Å². The number of nitrogens with zero attached hydrogens (tertiary/aromatic N) is 2. The first-order chi connectivity index (χ1) is 13.8. The molecule has 0 saturated heterocycles. The Balaban J connectivity index is 2.06. The largest absolute Gasteiger partial charge is 0.443 e. The number of nitrogens with one attached hydrogen (secondary N) is 2. The van der Waals surface area contributed by atoms with E-state index in [9.17, 15) is 9.59 Å². The number of hydrogen-bond donors (Lipinski definition) is 2. The SMILES string of the molecule is Cc1[nH]n(-c2ccccc2)c(=O)c1C(=NNC(=O)OC(C)(C)C)c1ccccc1. The van der Waals surface area contributed by atoms with E-state index in [1.54, 1.807) is 27.7 Å². The topological polar surface area (TPSA) is 88.5 Å². The minimum absolute atomic E-state index is 0.262. The van der Waals surface area contributed by atoms with Crippen molar-refractivity contribution in [3.8, 4) is 5.69 Å². The van der Waals surface area contributed by atoms with Gasteiger partial charge in [-0.25, -0.2) is 14.9 Å². The molecule has 29 heavy (non-hydrogen) atoms. The molecule has 150 valence electrons. The molecule has 0 aliphatic heterocycles. The Morgan fingerprint density at radius 1 is 1.03 bits per heavy atom. The third-order valence-corrected chi connectivity index (χ3v) is 4.03. The van der Waals surface area contributed by atoms with Gasteiger partial charge in [-0.05, 0) is 39.8 Å². The van der Waals surface area contributed by atoms with Gasteiger partial charge in [0.25, 0.3) is 5.56 Å². The summed E-state index contributed by atoms with van der Waals surface area (Å²) >= 11 is 0. The van der Waals surface area contributed by atoms with Crippen molar-refractivity contribution >= 4 is 11.8 Å². The minimum Gasteiger partial charge on any atom is -0.443 e. The lowest BCUT2D eigenvalue weighted by atomic mass is 10.0. The number of aromatic amines is 1. The zero-order valence-corrected chi connectivity index (χ0v) is 16.9. The number of carbonyl (C=O) groups is 1. The summed E-state index contributed by atoms with van der Waals surface area (Å²) in [5.74, 6) is 0. The first-order valence-electron chi connectivity index (χ1n) is 9.26. The summed E-state index contributed by atoms with van der Waals surface area (Å²) in [6, 6.07) is 18.5. The summed E-state index contributed by atoms with van der Waals surface area (Å²) in [5, 5.41) is 7.32. The molecule has 1 amide bonds. The lowest BCUT2D eigenvalue weighted by molar-refractivity contribution is 0.0529. The fraction of sp³-hybridized carbons (Fsp3) is 0.227. The van der Waals surface area contributed by atoms with Gasteiger partial charge in [0.05, 0.1) is 11.3 Å². The molecule has 0 aliphatic carbocycles. The fourth-order valence-corrected chi connectivity index (χ4v) is 2.85. The molecule has 3 aromatic rings. The number of hydrazone groups is 1. The molecule has 0 spiro atoms. The average molecular weight is 392 g/mol. The second kappa shape index (κ2) is 8.18. The number of carbonyl (C=O) groups excluding carboxylic acids is 1. The molecule has 7 nitrogen and oxygen atoms in total. The highest BCUT2D eigenvalue weighted by molar-refractivity contribution is 6.13. The van der Waals surface area contributed by atoms with Crippen LogP contribution in [-0.2, 0) is 4.74 Å². The Hall–Kier alpha value is -3.61. The monoisotopic (exact) mass is 392 g/mol. The maximum Gasteiger partial charge on any atom is 0.428 e. The number of benzene rings is 2. The normalized spacial score (nSPS) is 11.9. The predicted molar refractivity (Wildman–Crippen MR) is 113 cm³/mol. The van der Waals surface area contributed by atoms with Gasteiger partial charge in [-0.1, -0.05) is 48.5 Å². The molecule has 0 atom stereocenters. The molecule has 7 heteroatoms. The molecule has 0 fully saturated rings. The van der Waals surface area contributed by atoms with E-state index in [1.165, 1.54) is 4.68 Å². The van der Waals surface area contributed by atoms with Crippen molar-refractivity contribution < 1.29 is 9.53 Å². The number of H-pyrrole nitrogens is 1. The van der Waals surface area contributed by atoms with Gasteiger partial charge in [0.15, 0.2) is 0 Å². The summed E-state index contributed by atoms with van der Waals surface area (Å²) in [4.78, 5) is 25.3. The molecule has 0 bridgehead atoms. The standard InChI is InChI=1S/C22H24N4O3/c1-15-18(20(27)26(25-15)17-13-9-6-10-14-17)19(16-11-7-5-8-12-16)23-24-21(28)29-22(2,3)4/h5-14,25H,1-4H3,(H,24,28). The summed E-state index contributed by atoms with van der Waals surface area (Å²) in [5.41, 5.74) is 4.25. The summed E-state index contributed by atoms with van der Waals surface area (Å²) in [6.07, 6.45) is -0.692. The second-order valence-corrected chi connectivity index (χ2v) is 7.53. The third kappa shape index (κ3) is 4.82. The first-order valence-corrected chi connectivity index (χ1v) is 9.26. The summed E-state index contributed by atoms with van der Waals surface area (Å²) < 4.78 is 6.70. The van der Waals surface area contributed by atoms with Gasteiger partial charge in [-0.15, -0.1) is 0 Å². The van der Waals surface area contributed by atoms with E-state index in [1.807, 2.05) is 60.7 Å². The molecule has 0 radical (unpaired) electrons. The third-order valence-electron chi connectivity index (χ3n) is 4.03. The molecule has 2 aromatic carbocycles. The van der Waals surface area contributed by atoms with Crippen molar-refractivity contribution in [2.24, 2.45) is 5.10 Å². The second-order valence-electron chi connectivity index (χ2n) is 7.53. The van der Waals surface area contributed by atoms with Crippen molar-refractivity contribution in [1.29, 1.82) is 0 Å². The highest BCUT2D eigenvalue weighted by Crippen LogP contribution is 2.13. The van der Waals surface area contributed by atoms with Crippen LogP contribution in [0.25, 0.3) is 5.69 Å². The van der Waals surface area contributed by atoms with Crippen LogP contribution in [0.3, 0.4) is 0 Å². The van der Waals surface area contributed by atoms with Crippen molar-refractivity contribution in [3.63, 3.8) is 0 Å². The Labute approximate surface area is 169 Å². The zero-order valence-electron chi connectivity index (χ0n) is 16.9. The van der Waals surface area contributed by atoms with Crippen molar-refractivity contribution in [2.75, 3.05) is 0 Å². The molecular formula is C22H24N4O3. The molecule has 1 aromatic heterocycles. The maximum absolute atomic E-state index is 13.2. The molecule has 0 unspecified atom stereocenters. The average Bonchev–Trinajstić information content (AvgIpc) is 2.97. The van der Waals surface area contributed by atoms with E-state index in [-0.39, 0.29) is 5.56 Å². The predicted octanol–water partition coefficient (Wildman–Crippen LogP) is 3.75. The lowest BCUT2D eigenvalue weighted by Gasteiger charge is -2.18. The van der Waals surface area contributed by atoms with Crippen LogP contribution < -0.4 is 11.0 Å². The number of aromatic nitrogens is 2. The van der Waals surface area contributed by atoms with E-state index < -0.39 is 11.7 Å². The van der Waals surface area contributed by atoms with Crippen LogP contribution in [0, 0.1) is 6.92 Å². The lowest BCUT2D eigenvalue weighted by Crippen LogP contribution is -2.31. The first kappa shape index (κ1) is 20.1. The molecule has 3 rings (SSSR count). The number of rotatable bonds is 4. The molecule has 1 heterocycles. The summed E-state index contributed by atoms with van der Waals surface area (Å²) in [6.45, 7) is 7.10. The van der Waals surface area contributed by atoms with E-state index in [4.69, 9.17) is 4.74 Å². The van der Waals surface area contributed by atoms with Crippen LogP contribution in [0.5, 0.6) is 0 Å². The summed E-state index contributed by atoms with van der Waals surface area (Å²) in [7, 11) is 0. The van der Waals surface area contributed by atoms with E-state index in [0.29, 0.717) is 28.2 Å². The molecule has 0 saturated carbocycles. The van der Waals surface area contributed by atoms with Gasteiger partial charge in [0.2, 0.25) is 0 Å². The van der Waals surface area contributed by atoms with Crippen molar-refractivity contribution in [1.82, 2.24) is 15.2 Å². The highest BCUT2D eigenvalue weighted by Gasteiger charge is 2.21. The van der Waals surface area contributed by atoms with Gasteiger partial charge in [-0.2, -0.15) is 5.10 Å². The van der Waals surface area contributed by atoms with Gasteiger partial charge in [0.1, 0.15) is 11.3 Å². The van der Waals surface area contributed by atoms with Gasteiger partial charge in [0, 0.05) is 11.3 Å². The van der Waals surface area contributed by atoms with Crippen molar-refractivity contribution in [3.05, 3.63) is 87.8 Å². The minimum atomic E-state index is -0.692. The number of aryl methyl sites for hydroxylation is 1. The fourth-order valence-electron chi connectivity index (χ4n) is 2.85. The van der Waals surface area contributed by atoms with Crippen molar-refractivity contribution in [2.45, 2.75) is 33.3 Å². The Morgan fingerprint density at radius 2 is 1.62 bits per heavy atom. The maximum atomic E-state index is 13.2. The van der Waals surface area contributed by atoms with E-state index in [2.05, 4.69) is 15.6 Å². The molecule has 0 aliphatic rings. The number of ether oxygens (including phenoxy) is 1. The van der Waals surface area contributed by atoms with E-state index >= 15 is 0 Å². The molecule has 2 N–H and O–H groups in total. The Kier molecular flexibility index (Phi) is 5.68. The molecular weight excluding hydrogens is 368 g/mol. The van der Waals surface area contributed by atoms with E-state index in [0.717, 1.165) is 0 Å². The Bertz CT molecular complexity index is 1070. The van der Waals surface area contributed by atoms with Crippen LogP contribution in [0.1, 0.15) is 37.6 Å². The number of hydrogen-bond acceptors (Lipinski definition) is 4. The number of para-hydroxylation sites is 1. The van der Waals surface area contributed by atoms with Crippen LogP contribution in [0.4, 0.5) is 4.79 Å². The van der Waals surface area contributed by atoms with Crippen LogP contribution in [0.2, 0.25) is 0 Å². The van der Waals surface area contributed by atoms with Gasteiger partial charge < -0.3 is 4.74 Å².